The van der Waals surface area contributed by atoms with Crippen molar-refractivity contribution in [2.75, 3.05) is 19.7 Å². The lowest BCUT2D eigenvalue weighted by Gasteiger charge is -2.31. The molecular weight excluding hydrogens is 378 g/mol. The van der Waals surface area contributed by atoms with Gasteiger partial charge in [-0.25, -0.2) is 4.79 Å². The van der Waals surface area contributed by atoms with E-state index in [4.69, 9.17) is 9.15 Å². The highest BCUT2D eigenvalue weighted by Gasteiger charge is 2.32. The van der Waals surface area contributed by atoms with Gasteiger partial charge in [0.15, 0.2) is 11.9 Å². The number of benzene rings is 1. The van der Waals surface area contributed by atoms with E-state index in [1.807, 2.05) is 30.3 Å². The number of carbonyl (C=O) groups is 2. The molecule has 1 unspecified atom stereocenters. The highest BCUT2D eigenvalue weighted by atomic mass is 16.5. The van der Waals surface area contributed by atoms with Crippen molar-refractivity contribution in [3.8, 4) is 11.4 Å². The molecule has 1 N–H and O–H groups in total. The van der Waals surface area contributed by atoms with E-state index < -0.39 is 18.0 Å². The van der Waals surface area contributed by atoms with E-state index in [0.29, 0.717) is 11.6 Å². The van der Waals surface area contributed by atoms with Crippen LogP contribution in [0, 0.1) is 0 Å². The Morgan fingerprint density at radius 3 is 2.72 bits per heavy atom. The molecule has 0 aliphatic carbocycles. The van der Waals surface area contributed by atoms with E-state index in [1.54, 1.807) is 12.1 Å². The molecule has 148 valence electrons. The molecule has 1 fully saturated rings. The van der Waals surface area contributed by atoms with E-state index in [0.717, 1.165) is 5.56 Å². The van der Waals surface area contributed by atoms with Crippen molar-refractivity contribution in [3.63, 3.8) is 0 Å². The molecule has 1 atom stereocenters. The molecule has 0 bridgehead atoms. The number of nitrogens with zero attached hydrogens (tertiary/aromatic N) is 5. The standard InChI is InChI=1S/C19H17N5O5/c25-18(23-8-10-29-16(12-23)19(26)27)15(11-14-7-4-9-28-14)24-17(20-21-22-24)13-5-2-1-3-6-13/h1-7,9,11,16H,8,10,12H2,(H,26,27)/b15-11+. The molecule has 1 aromatic carbocycles. The Morgan fingerprint density at radius 1 is 1.17 bits per heavy atom. The van der Waals surface area contributed by atoms with Crippen LogP contribution in [-0.2, 0) is 14.3 Å². The first-order chi connectivity index (χ1) is 14.1. The van der Waals surface area contributed by atoms with Crippen LogP contribution in [0.2, 0.25) is 0 Å². The molecule has 0 spiro atoms. The van der Waals surface area contributed by atoms with Gasteiger partial charge in [-0.15, -0.1) is 5.10 Å². The SMILES string of the molecule is O=C(O)C1CN(C(=O)/C(=C\c2ccco2)n2nnnc2-c2ccccc2)CCO1. The van der Waals surface area contributed by atoms with E-state index >= 15 is 0 Å². The summed E-state index contributed by atoms with van der Waals surface area (Å²) in [6.45, 7) is 0.297. The molecule has 1 aliphatic heterocycles. The van der Waals surface area contributed by atoms with Gasteiger partial charge < -0.3 is 19.2 Å². The fourth-order valence-corrected chi connectivity index (χ4v) is 2.98. The summed E-state index contributed by atoms with van der Waals surface area (Å²) in [6.07, 6.45) is 1.93. The monoisotopic (exact) mass is 395 g/mol. The van der Waals surface area contributed by atoms with Crippen molar-refractivity contribution >= 4 is 23.6 Å². The van der Waals surface area contributed by atoms with Gasteiger partial charge in [0.05, 0.1) is 19.4 Å². The number of aromatic nitrogens is 4. The lowest BCUT2D eigenvalue weighted by Crippen LogP contribution is -2.49. The van der Waals surface area contributed by atoms with Gasteiger partial charge in [0.25, 0.3) is 5.91 Å². The number of furan rings is 1. The molecule has 1 amide bonds. The van der Waals surface area contributed by atoms with Gasteiger partial charge in [-0.05, 0) is 22.6 Å². The predicted octanol–water partition coefficient (Wildman–Crippen LogP) is 1.24. The first kappa shape index (κ1) is 18.6. The molecule has 1 aliphatic rings. The van der Waals surface area contributed by atoms with Crippen molar-refractivity contribution in [2.24, 2.45) is 0 Å². The summed E-state index contributed by atoms with van der Waals surface area (Å²) in [6, 6.07) is 12.6. The summed E-state index contributed by atoms with van der Waals surface area (Å²) in [5.74, 6) is -0.738. The number of ether oxygens (including phenoxy) is 1. The second kappa shape index (κ2) is 8.07. The van der Waals surface area contributed by atoms with Gasteiger partial charge in [-0.2, -0.15) is 4.68 Å². The van der Waals surface area contributed by atoms with Crippen molar-refractivity contribution < 1.29 is 23.8 Å². The highest BCUT2D eigenvalue weighted by molar-refractivity contribution is 6.18. The summed E-state index contributed by atoms with van der Waals surface area (Å²) >= 11 is 0. The van der Waals surface area contributed by atoms with Crippen molar-refractivity contribution in [2.45, 2.75) is 6.10 Å². The number of hydrogen-bond donors (Lipinski definition) is 1. The van der Waals surface area contributed by atoms with Gasteiger partial charge in [0.2, 0.25) is 0 Å². The Bertz CT molecular complexity index is 1030. The molecule has 1 saturated heterocycles. The number of tetrazole rings is 1. The third kappa shape index (κ3) is 3.92. The van der Waals surface area contributed by atoms with Crippen LogP contribution in [0.15, 0.2) is 53.1 Å². The van der Waals surface area contributed by atoms with Crippen LogP contribution in [0.3, 0.4) is 0 Å². The Balaban J connectivity index is 1.74. The Labute approximate surface area is 165 Å². The summed E-state index contributed by atoms with van der Waals surface area (Å²) < 4.78 is 11.9. The van der Waals surface area contributed by atoms with Crippen molar-refractivity contribution in [1.29, 1.82) is 0 Å². The normalized spacial score (nSPS) is 17.3. The lowest BCUT2D eigenvalue weighted by molar-refractivity contribution is -0.158. The van der Waals surface area contributed by atoms with E-state index in [2.05, 4.69) is 15.5 Å². The van der Waals surface area contributed by atoms with Crippen LogP contribution in [-0.4, -0.2) is 67.9 Å². The molecule has 0 saturated carbocycles. The van der Waals surface area contributed by atoms with Gasteiger partial charge in [-0.1, -0.05) is 30.3 Å². The first-order valence-electron chi connectivity index (χ1n) is 8.86. The fraction of sp³-hybridized carbons (Fsp3) is 0.211. The Morgan fingerprint density at radius 2 is 2.00 bits per heavy atom. The molecule has 10 heteroatoms. The van der Waals surface area contributed by atoms with Crippen LogP contribution >= 0.6 is 0 Å². The zero-order valence-electron chi connectivity index (χ0n) is 15.2. The minimum atomic E-state index is -1.12. The van der Waals surface area contributed by atoms with Gasteiger partial charge >= 0.3 is 5.97 Å². The zero-order valence-corrected chi connectivity index (χ0v) is 15.2. The van der Waals surface area contributed by atoms with Crippen LogP contribution in [0.25, 0.3) is 23.2 Å². The van der Waals surface area contributed by atoms with Crippen LogP contribution in [0.4, 0.5) is 0 Å². The number of carboxylic acid groups (broad SMARTS) is 1. The summed E-state index contributed by atoms with van der Waals surface area (Å²) in [4.78, 5) is 26.0. The summed E-state index contributed by atoms with van der Waals surface area (Å²) in [5.41, 5.74) is 0.857. The second-order valence-electron chi connectivity index (χ2n) is 6.27. The maximum absolute atomic E-state index is 13.3. The molecule has 3 heterocycles. The first-order valence-corrected chi connectivity index (χ1v) is 8.86. The van der Waals surface area contributed by atoms with Gasteiger partial charge in [-0.3, -0.25) is 4.79 Å². The third-order valence-electron chi connectivity index (χ3n) is 4.40. The van der Waals surface area contributed by atoms with Crippen LogP contribution < -0.4 is 0 Å². The molecule has 10 nitrogen and oxygen atoms in total. The lowest BCUT2D eigenvalue weighted by atomic mass is 10.2. The smallest absolute Gasteiger partial charge is 0.334 e. The number of rotatable bonds is 5. The Kier molecular flexibility index (Phi) is 5.16. The van der Waals surface area contributed by atoms with E-state index in [9.17, 15) is 14.7 Å². The van der Waals surface area contributed by atoms with E-state index in [-0.39, 0.29) is 25.4 Å². The highest BCUT2D eigenvalue weighted by Crippen LogP contribution is 2.22. The number of carbonyl (C=O) groups excluding carboxylic acids is 1. The van der Waals surface area contributed by atoms with E-state index in [1.165, 1.54) is 21.9 Å². The van der Waals surface area contributed by atoms with Crippen LogP contribution in [0.5, 0.6) is 0 Å². The molecular formula is C19H17N5O5. The number of hydrogen-bond acceptors (Lipinski definition) is 7. The van der Waals surface area contributed by atoms with Crippen molar-refractivity contribution in [1.82, 2.24) is 25.1 Å². The largest absolute Gasteiger partial charge is 0.479 e. The number of amides is 1. The number of aliphatic carboxylic acids is 1. The quantitative estimate of drug-likeness (QED) is 0.640. The topological polar surface area (TPSA) is 124 Å². The fourth-order valence-electron chi connectivity index (χ4n) is 2.98. The zero-order chi connectivity index (χ0) is 20.2. The Hall–Kier alpha value is -3.79. The molecule has 3 aromatic rings. The molecule has 0 radical (unpaired) electrons. The molecule has 29 heavy (non-hydrogen) atoms. The minimum absolute atomic E-state index is 0.0769. The maximum atomic E-state index is 13.3. The minimum Gasteiger partial charge on any atom is -0.479 e. The van der Waals surface area contributed by atoms with Crippen molar-refractivity contribution in [3.05, 3.63) is 54.5 Å². The molecule has 4 rings (SSSR count). The van der Waals surface area contributed by atoms with Gasteiger partial charge in [0.1, 0.15) is 11.5 Å². The average molecular weight is 395 g/mol. The van der Waals surface area contributed by atoms with Crippen LogP contribution in [0.1, 0.15) is 5.76 Å². The second-order valence-corrected chi connectivity index (χ2v) is 6.27. The van der Waals surface area contributed by atoms with Gasteiger partial charge in [0, 0.05) is 18.2 Å². The number of morpholine rings is 1. The predicted molar refractivity (Wildman–Crippen MR) is 100 cm³/mol. The third-order valence-corrected chi connectivity index (χ3v) is 4.40. The average Bonchev–Trinajstić information content (AvgIpc) is 3.44. The molecule has 2 aromatic heterocycles. The maximum Gasteiger partial charge on any atom is 0.334 e. The summed E-state index contributed by atoms with van der Waals surface area (Å²) in [7, 11) is 0. The number of carboxylic acids is 1. The summed E-state index contributed by atoms with van der Waals surface area (Å²) in [5, 5.41) is 21.0.